The van der Waals surface area contributed by atoms with Crippen molar-refractivity contribution in [3.05, 3.63) is 16.1 Å². The first-order valence-corrected chi connectivity index (χ1v) is 8.39. The summed E-state index contributed by atoms with van der Waals surface area (Å²) in [6.45, 7) is 8.20. The van der Waals surface area contributed by atoms with Gasteiger partial charge in [-0.15, -0.1) is 11.3 Å². The number of rotatable bonds is 7. The Morgan fingerprint density at radius 2 is 2.37 bits per heavy atom. The summed E-state index contributed by atoms with van der Waals surface area (Å²) in [5, 5.41) is 6.78. The van der Waals surface area contributed by atoms with Crippen molar-refractivity contribution in [2.75, 3.05) is 26.7 Å². The van der Waals surface area contributed by atoms with Gasteiger partial charge >= 0.3 is 0 Å². The molecule has 0 spiro atoms. The molecule has 1 aliphatic heterocycles. The lowest BCUT2D eigenvalue weighted by Crippen LogP contribution is -2.28. The predicted octanol–water partition coefficient (Wildman–Crippen LogP) is 2.57. The molecule has 1 unspecified atom stereocenters. The SMILES string of the molecule is CNCCCc1csc(CC2CCN(C(C)C)C2)n1. The molecule has 0 aliphatic carbocycles. The average Bonchev–Trinajstić information content (AvgIpc) is 3.00. The molecule has 0 saturated carbocycles. The molecule has 1 aromatic heterocycles. The Labute approximate surface area is 121 Å². The van der Waals surface area contributed by atoms with Gasteiger partial charge in [0.2, 0.25) is 0 Å². The Balaban J connectivity index is 1.77. The van der Waals surface area contributed by atoms with Gasteiger partial charge in [-0.1, -0.05) is 0 Å². The van der Waals surface area contributed by atoms with Gasteiger partial charge in [0.15, 0.2) is 0 Å². The summed E-state index contributed by atoms with van der Waals surface area (Å²) in [5.41, 5.74) is 1.29. The van der Waals surface area contributed by atoms with Crippen LogP contribution in [0.4, 0.5) is 0 Å². The van der Waals surface area contributed by atoms with Crippen molar-refractivity contribution in [1.82, 2.24) is 15.2 Å². The van der Waals surface area contributed by atoms with Gasteiger partial charge in [0.1, 0.15) is 0 Å². The lowest BCUT2D eigenvalue weighted by Gasteiger charge is -2.19. The molecular weight excluding hydrogens is 254 g/mol. The molecule has 1 fully saturated rings. The Bertz CT molecular complexity index is 375. The average molecular weight is 281 g/mol. The van der Waals surface area contributed by atoms with Gasteiger partial charge in [0, 0.05) is 24.4 Å². The van der Waals surface area contributed by atoms with Crippen LogP contribution in [0, 0.1) is 5.92 Å². The fourth-order valence-electron chi connectivity index (χ4n) is 2.75. The topological polar surface area (TPSA) is 28.2 Å². The van der Waals surface area contributed by atoms with Crippen LogP contribution in [-0.2, 0) is 12.8 Å². The second kappa shape index (κ2) is 7.36. The van der Waals surface area contributed by atoms with E-state index in [1.165, 1.54) is 43.1 Å². The van der Waals surface area contributed by atoms with Crippen molar-refractivity contribution >= 4 is 11.3 Å². The molecule has 3 nitrogen and oxygen atoms in total. The maximum Gasteiger partial charge on any atom is 0.0931 e. The molecular formula is C15H27N3S. The third-order valence-corrected chi connectivity index (χ3v) is 4.89. The zero-order chi connectivity index (χ0) is 13.7. The van der Waals surface area contributed by atoms with Crippen LogP contribution in [0.3, 0.4) is 0 Å². The van der Waals surface area contributed by atoms with E-state index < -0.39 is 0 Å². The number of thiazole rings is 1. The van der Waals surface area contributed by atoms with Crippen LogP contribution in [0.2, 0.25) is 0 Å². The van der Waals surface area contributed by atoms with E-state index in [1.807, 2.05) is 18.4 Å². The van der Waals surface area contributed by atoms with Crippen molar-refractivity contribution in [3.63, 3.8) is 0 Å². The maximum atomic E-state index is 4.79. The number of nitrogens with zero attached hydrogens (tertiary/aromatic N) is 2. The zero-order valence-corrected chi connectivity index (χ0v) is 13.3. The van der Waals surface area contributed by atoms with E-state index >= 15 is 0 Å². The van der Waals surface area contributed by atoms with Crippen molar-refractivity contribution < 1.29 is 0 Å². The summed E-state index contributed by atoms with van der Waals surface area (Å²) in [6.07, 6.45) is 4.82. The Morgan fingerprint density at radius 1 is 1.53 bits per heavy atom. The predicted molar refractivity (Wildman–Crippen MR) is 82.9 cm³/mol. The summed E-state index contributed by atoms with van der Waals surface area (Å²) >= 11 is 1.85. The summed E-state index contributed by atoms with van der Waals surface area (Å²) < 4.78 is 0. The maximum absolute atomic E-state index is 4.79. The van der Waals surface area contributed by atoms with E-state index in [0.29, 0.717) is 6.04 Å². The van der Waals surface area contributed by atoms with Crippen LogP contribution in [0.5, 0.6) is 0 Å². The molecule has 0 aromatic carbocycles. The molecule has 2 heterocycles. The van der Waals surface area contributed by atoms with Gasteiger partial charge in [-0.25, -0.2) is 4.98 Å². The molecule has 1 aromatic rings. The number of likely N-dealkylation sites (tertiary alicyclic amines) is 1. The fourth-order valence-corrected chi connectivity index (χ4v) is 3.69. The highest BCUT2D eigenvalue weighted by Gasteiger charge is 2.24. The van der Waals surface area contributed by atoms with Crippen molar-refractivity contribution in [1.29, 1.82) is 0 Å². The van der Waals surface area contributed by atoms with E-state index in [1.54, 1.807) is 0 Å². The minimum absolute atomic E-state index is 0.693. The van der Waals surface area contributed by atoms with Gasteiger partial charge in [0.25, 0.3) is 0 Å². The summed E-state index contributed by atoms with van der Waals surface area (Å²) in [6, 6.07) is 0.693. The van der Waals surface area contributed by atoms with Crippen LogP contribution in [0.15, 0.2) is 5.38 Å². The minimum Gasteiger partial charge on any atom is -0.320 e. The van der Waals surface area contributed by atoms with Crippen molar-refractivity contribution in [2.45, 2.75) is 45.6 Å². The molecule has 1 N–H and O–H groups in total. The summed E-state index contributed by atoms with van der Waals surface area (Å²) in [4.78, 5) is 7.38. The van der Waals surface area contributed by atoms with Gasteiger partial charge < -0.3 is 10.2 Å². The first-order chi connectivity index (χ1) is 9.19. The minimum atomic E-state index is 0.693. The molecule has 1 aliphatic rings. The molecule has 19 heavy (non-hydrogen) atoms. The fraction of sp³-hybridized carbons (Fsp3) is 0.800. The van der Waals surface area contributed by atoms with Crippen molar-refractivity contribution in [2.24, 2.45) is 5.92 Å². The van der Waals surface area contributed by atoms with Crippen LogP contribution in [0.1, 0.15) is 37.4 Å². The third kappa shape index (κ3) is 4.55. The standard InChI is InChI=1S/C15H27N3S/c1-12(2)18-8-6-13(10-18)9-15-17-14(11-19-15)5-4-7-16-3/h11-13,16H,4-10H2,1-3H3. The van der Waals surface area contributed by atoms with Gasteiger partial charge in [-0.3, -0.25) is 0 Å². The lowest BCUT2D eigenvalue weighted by molar-refractivity contribution is 0.265. The first kappa shape index (κ1) is 14.9. The highest BCUT2D eigenvalue weighted by atomic mass is 32.1. The van der Waals surface area contributed by atoms with E-state index in [0.717, 1.165) is 18.9 Å². The highest BCUT2D eigenvalue weighted by Crippen LogP contribution is 2.24. The zero-order valence-electron chi connectivity index (χ0n) is 12.5. The second-order valence-corrected chi connectivity index (χ2v) is 6.83. The van der Waals surface area contributed by atoms with E-state index in [2.05, 4.69) is 29.4 Å². The Morgan fingerprint density at radius 3 is 3.05 bits per heavy atom. The molecule has 108 valence electrons. The lowest BCUT2D eigenvalue weighted by atomic mass is 10.1. The normalized spacial score (nSPS) is 20.5. The molecule has 0 radical (unpaired) electrons. The Kier molecular flexibility index (Phi) is 5.79. The third-order valence-electron chi connectivity index (χ3n) is 3.97. The van der Waals surface area contributed by atoms with Crippen molar-refractivity contribution in [3.8, 4) is 0 Å². The number of aryl methyl sites for hydroxylation is 1. The molecule has 0 bridgehead atoms. The number of nitrogens with one attached hydrogen (secondary N) is 1. The molecule has 2 rings (SSSR count). The van der Waals surface area contributed by atoms with E-state index in [-0.39, 0.29) is 0 Å². The first-order valence-electron chi connectivity index (χ1n) is 7.51. The van der Waals surface area contributed by atoms with E-state index in [9.17, 15) is 0 Å². The highest BCUT2D eigenvalue weighted by molar-refractivity contribution is 7.09. The van der Waals surface area contributed by atoms with Gasteiger partial charge in [-0.2, -0.15) is 0 Å². The summed E-state index contributed by atoms with van der Waals surface area (Å²) in [5.74, 6) is 0.818. The van der Waals surface area contributed by atoms with Crippen LogP contribution in [0.25, 0.3) is 0 Å². The quantitative estimate of drug-likeness (QED) is 0.779. The molecule has 4 heteroatoms. The summed E-state index contributed by atoms with van der Waals surface area (Å²) in [7, 11) is 2.01. The van der Waals surface area contributed by atoms with Gasteiger partial charge in [0.05, 0.1) is 10.7 Å². The number of hydrogen-bond acceptors (Lipinski definition) is 4. The number of aromatic nitrogens is 1. The smallest absolute Gasteiger partial charge is 0.0931 e. The van der Waals surface area contributed by atoms with Crippen LogP contribution < -0.4 is 5.32 Å². The molecule has 1 saturated heterocycles. The largest absolute Gasteiger partial charge is 0.320 e. The Hall–Kier alpha value is -0.450. The van der Waals surface area contributed by atoms with Crippen LogP contribution >= 0.6 is 11.3 Å². The van der Waals surface area contributed by atoms with Crippen LogP contribution in [-0.4, -0.2) is 42.6 Å². The number of hydrogen-bond donors (Lipinski definition) is 1. The molecule has 1 atom stereocenters. The van der Waals surface area contributed by atoms with Gasteiger partial charge in [-0.05, 0) is 59.2 Å². The van der Waals surface area contributed by atoms with E-state index in [4.69, 9.17) is 4.98 Å². The monoisotopic (exact) mass is 281 g/mol. The second-order valence-electron chi connectivity index (χ2n) is 5.89. The molecule has 0 amide bonds.